The van der Waals surface area contributed by atoms with Crippen molar-refractivity contribution in [2.45, 2.75) is 38.7 Å². The number of fused-ring (bicyclic) bond motifs is 3. The number of benzene rings is 3. The number of hydrogen-bond donors (Lipinski definition) is 1. The summed E-state index contributed by atoms with van der Waals surface area (Å²) in [5.74, 6) is -1.79. The van der Waals surface area contributed by atoms with Gasteiger partial charge in [-0.25, -0.2) is 4.90 Å². The number of ether oxygens (including phenoxy) is 1. The Kier molecular flexibility index (Phi) is 7.90. The van der Waals surface area contributed by atoms with Gasteiger partial charge in [-0.1, -0.05) is 60.5 Å². The first-order valence-corrected chi connectivity index (χ1v) is 14.8. The maximum atomic E-state index is 13.8. The number of carbonyl (C=O) groups is 2. The monoisotopic (exact) mass is 598 g/mol. The normalized spacial score (nSPS) is 23.5. The standard InChI is InChI=1S/C34H31ClN2O6/c1-2-20-16-27-32(34(40)36(33(27)39)24-9-6-10-25(17-24)37(41)42)28-19-43-30(31(20)28)14-12-22(21-7-4-3-5-8-21)15-23-11-13-26(38)18-29(23)35/h3-11,13,15,17-18,27-28,30,32,38H,2,12,14,16,19H2,1H3/b22-15-/t27-,28+,30-,32-/m1/s1. The number of nitro groups is 1. The van der Waals surface area contributed by atoms with Gasteiger partial charge in [-0.05, 0) is 78.3 Å². The number of aromatic hydroxyl groups is 1. The number of carbonyl (C=O) groups excluding carboxylic acids is 2. The number of allylic oxidation sites excluding steroid dienone is 2. The van der Waals surface area contributed by atoms with Gasteiger partial charge in [-0.2, -0.15) is 0 Å². The fourth-order valence-corrected chi connectivity index (χ4v) is 7.10. The minimum atomic E-state index is -0.554. The molecule has 2 fully saturated rings. The summed E-state index contributed by atoms with van der Waals surface area (Å²) in [6, 6.07) is 20.6. The number of anilines is 1. The van der Waals surface area contributed by atoms with Crippen LogP contribution >= 0.6 is 11.6 Å². The van der Waals surface area contributed by atoms with Gasteiger partial charge < -0.3 is 9.84 Å². The summed E-state index contributed by atoms with van der Waals surface area (Å²) in [6.07, 6.45) is 4.43. The van der Waals surface area contributed by atoms with Gasteiger partial charge in [0.2, 0.25) is 11.8 Å². The first kappa shape index (κ1) is 28.8. The van der Waals surface area contributed by atoms with Gasteiger partial charge in [0.05, 0.1) is 40.2 Å². The van der Waals surface area contributed by atoms with E-state index in [1.54, 1.807) is 18.2 Å². The smallest absolute Gasteiger partial charge is 0.271 e. The summed E-state index contributed by atoms with van der Waals surface area (Å²) < 4.78 is 6.38. The molecule has 8 nitrogen and oxygen atoms in total. The van der Waals surface area contributed by atoms with Gasteiger partial charge in [0, 0.05) is 18.1 Å². The predicted molar refractivity (Wildman–Crippen MR) is 164 cm³/mol. The Morgan fingerprint density at radius 3 is 2.58 bits per heavy atom. The minimum Gasteiger partial charge on any atom is -0.508 e. The van der Waals surface area contributed by atoms with E-state index in [2.05, 4.69) is 6.92 Å². The summed E-state index contributed by atoms with van der Waals surface area (Å²) in [5.41, 5.74) is 5.27. The topological polar surface area (TPSA) is 110 Å². The van der Waals surface area contributed by atoms with E-state index >= 15 is 0 Å². The molecule has 0 bridgehead atoms. The number of phenolic OH excluding ortho intramolecular Hbond substituents is 1. The Morgan fingerprint density at radius 2 is 1.86 bits per heavy atom. The van der Waals surface area contributed by atoms with E-state index in [-0.39, 0.29) is 41.0 Å². The third-order valence-corrected chi connectivity index (χ3v) is 9.20. The highest BCUT2D eigenvalue weighted by Gasteiger charge is 2.57. The van der Waals surface area contributed by atoms with Crippen LogP contribution in [0.4, 0.5) is 11.4 Å². The van der Waals surface area contributed by atoms with Gasteiger partial charge in [0.15, 0.2) is 0 Å². The molecule has 9 heteroatoms. The lowest BCUT2D eigenvalue weighted by Gasteiger charge is -2.31. The van der Waals surface area contributed by atoms with Crippen LogP contribution in [0, 0.1) is 27.9 Å². The maximum absolute atomic E-state index is 13.8. The van der Waals surface area contributed by atoms with Crippen LogP contribution in [0.1, 0.15) is 43.7 Å². The Hall–Kier alpha value is -4.27. The van der Waals surface area contributed by atoms with Crippen LogP contribution in [0.25, 0.3) is 11.6 Å². The van der Waals surface area contributed by atoms with Gasteiger partial charge in [-0.3, -0.25) is 19.7 Å². The molecule has 0 unspecified atom stereocenters. The lowest BCUT2D eigenvalue weighted by atomic mass is 9.69. The summed E-state index contributed by atoms with van der Waals surface area (Å²) in [4.78, 5) is 39.4. The maximum Gasteiger partial charge on any atom is 0.271 e. The van der Waals surface area contributed by atoms with Crippen LogP contribution in [-0.4, -0.2) is 34.6 Å². The fourth-order valence-electron chi connectivity index (χ4n) is 6.87. The minimum absolute atomic E-state index is 0.104. The van der Waals surface area contributed by atoms with Crippen molar-refractivity contribution >= 4 is 46.4 Å². The Labute approximate surface area is 254 Å². The van der Waals surface area contributed by atoms with E-state index in [1.165, 1.54) is 24.3 Å². The zero-order valence-corrected chi connectivity index (χ0v) is 24.4. The van der Waals surface area contributed by atoms with Crippen LogP contribution in [0.2, 0.25) is 5.02 Å². The fraction of sp³-hybridized carbons (Fsp3) is 0.294. The molecule has 3 aromatic carbocycles. The number of nitrogens with zero attached hydrogens (tertiary/aromatic N) is 2. The van der Waals surface area contributed by atoms with Crippen LogP contribution in [0.5, 0.6) is 5.75 Å². The molecule has 0 aromatic heterocycles. The van der Waals surface area contributed by atoms with Gasteiger partial charge in [0.25, 0.3) is 5.69 Å². The molecule has 3 aliphatic rings. The average Bonchev–Trinajstić information content (AvgIpc) is 3.54. The lowest BCUT2D eigenvalue weighted by molar-refractivity contribution is -0.384. The van der Waals surface area contributed by atoms with Crippen molar-refractivity contribution in [1.29, 1.82) is 0 Å². The number of amides is 2. The van der Waals surface area contributed by atoms with Gasteiger partial charge in [-0.15, -0.1) is 0 Å². The van der Waals surface area contributed by atoms with E-state index in [4.69, 9.17) is 16.3 Å². The highest BCUT2D eigenvalue weighted by atomic mass is 35.5. The molecule has 4 atom stereocenters. The first-order valence-electron chi connectivity index (χ1n) is 14.5. The summed E-state index contributed by atoms with van der Waals surface area (Å²) in [5, 5.41) is 21.6. The largest absolute Gasteiger partial charge is 0.508 e. The van der Waals surface area contributed by atoms with Crippen LogP contribution < -0.4 is 4.90 Å². The summed E-state index contributed by atoms with van der Waals surface area (Å²) in [6.45, 7) is 2.41. The Morgan fingerprint density at radius 1 is 1.07 bits per heavy atom. The lowest BCUT2D eigenvalue weighted by Crippen LogP contribution is -2.34. The van der Waals surface area contributed by atoms with E-state index in [1.807, 2.05) is 36.4 Å². The second kappa shape index (κ2) is 11.8. The number of imide groups is 1. The van der Waals surface area contributed by atoms with E-state index in [0.29, 0.717) is 30.9 Å². The Balaban J connectivity index is 1.27. The number of non-ortho nitro benzene ring substituents is 1. The molecule has 43 heavy (non-hydrogen) atoms. The molecule has 0 spiro atoms. The summed E-state index contributed by atoms with van der Waals surface area (Å²) in [7, 11) is 0. The number of nitro benzene ring substituents is 1. The first-order chi connectivity index (χ1) is 20.8. The molecule has 0 radical (unpaired) electrons. The highest BCUT2D eigenvalue weighted by molar-refractivity contribution is 6.32. The van der Waals surface area contributed by atoms with Gasteiger partial charge >= 0.3 is 0 Å². The zero-order valence-electron chi connectivity index (χ0n) is 23.6. The van der Waals surface area contributed by atoms with E-state index in [0.717, 1.165) is 39.2 Å². The number of halogens is 1. The molecular weight excluding hydrogens is 568 g/mol. The molecule has 1 N–H and O–H groups in total. The molecule has 220 valence electrons. The van der Waals surface area contributed by atoms with Crippen LogP contribution in [0.3, 0.4) is 0 Å². The predicted octanol–water partition coefficient (Wildman–Crippen LogP) is 7.21. The van der Waals surface area contributed by atoms with Crippen molar-refractivity contribution in [3.8, 4) is 5.75 Å². The average molecular weight is 599 g/mol. The summed E-state index contributed by atoms with van der Waals surface area (Å²) >= 11 is 6.44. The van der Waals surface area contributed by atoms with Crippen LogP contribution in [-0.2, 0) is 14.3 Å². The second-order valence-corrected chi connectivity index (χ2v) is 11.7. The second-order valence-electron chi connectivity index (χ2n) is 11.2. The third-order valence-electron chi connectivity index (χ3n) is 8.87. The number of rotatable bonds is 8. The Bertz CT molecular complexity index is 1670. The van der Waals surface area contributed by atoms with Crippen molar-refractivity contribution < 1.29 is 24.4 Å². The molecule has 1 aliphatic carbocycles. The van der Waals surface area contributed by atoms with Crippen molar-refractivity contribution in [3.05, 3.63) is 110 Å². The molecule has 2 saturated heterocycles. The molecule has 0 saturated carbocycles. The highest BCUT2D eigenvalue weighted by Crippen LogP contribution is 2.51. The van der Waals surface area contributed by atoms with Gasteiger partial charge in [0.1, 0.15) is 5.75 Å². The van der Waals surface area contributed by atoms with Crippen molar-refractivity contribution in [3.63, 3.8) is 0 Å². The quantitative estimate of drug-likeness (QED) is 0.0965. The zero-order chi connectivity index (χ0) is 30.2. The third kappa shape index (κ3) is 5.37. The van der Waals surface area contributed by atoms with Crippen molar-refractivity contribution in [2.75, 3.05) is 11.5 Å². The molecule has 2 heterocycles. The van der Waals surface area contributed by atoms with Crippen molar-refractivity contribution in [2.24, 2.45) is 17.8 Å². The molecule has 2 aliphatic heterocycles. The molecular formula is C34H31ClN2O6. The van der Waals surface area contributed by atoms with Crippen molar-refractivity contribution in [1.82, 2.24) is 0 Å². The number of phenols is 1. The van der Waals surface area contributed by atoms with Crippen LogP contribution in [0.15, 0.2) is 83.9 Å². The SMILES string of the molecule is CCC1=C2[C@@H](CC/C(=C/c3ccc(O)cc3Cl)c3ccccc3)OC[C@@H]2[C@@H]2C(=O)N(c3cccc([N+](=O)[O-])c3)C(=O)[C@@H]2C1. The molecule has 6 rings (SSSR count). The molecule has 2 amide bonds. The van der Waals surface area contributed by atoms with E-state index < -0.39 is 16.8 Å². The number of hydrogen-bond acceptors (Lipinski definition) is 6. The molecule has 3 aromatic rings. The van der Waals surface area contributed by atoms with E-state index in [9.17, 15) is 24.8 Å².